The van der Waals surface area contributed by atoms with Crippen LogP contribution in [0, 0.1) is 11.2 Å². The minimum Gasteiger partial charge on any atom is -0.391 e. The van der Waals surface area contributed by atoms with Gasteiger partial charge in [-0.25, -0.2) is 4.39 Å². The molecule has 1 amide bonds. The van der Waals surface area contributed by atoms with Crippen LogP contribution in [-0.4, -0.2) is 57.1 Å². The van der Waals surface area contributed by atoms with Crippen LogP contribution in [0.5, 0.6) is 0 Å². The van der Waals surface area contributed by atoms with Gasteiger partial charge in [0.05, 0.1) is 23.5 Å². The molecule has 6 heteroatoms. The molecule has 1 aromatic heterocycles. The van der Waals surface area contributed by atoms with Crippen molar-refractivity contribution in [2.75, 3.05) is 19.6 Å². The summed E-state index contributed by atoms with van der Waals surface area (Å²) in [6.45, 7) is 8.71. The summed E-state index contributed by atoms with van der Waals surface area (Å²) < 4.78 is 13.0. The molecule has 1 N–H and O–H groups in total. The lowest BCUT2D eigenvalue weighted by Gasteiger charge is -2.55. The zero-order valence-electron chi connectivity index (χ0n) is 15.3. The van der Waals surface area contributed by atoms with Gasteiger partial charge in [0.25, 0.3) is 0 Å². The van der Waals surface area contributed by atoms with Crippen molar-refractivity contribution >= 4 is 5.91 Å². The highest BCUT2D eigenvalue weighted by Gasteiger charge is 2.50. The second-order valence-corrected chi connectivity index (χ2v) is 8.22. The van der Waals surface area contributed by atoms with E-state index in [1.807, 2.05) is 18.7 Å². The zero-order valence-corrected chi connectivity index (χ0v) is 15.3. The maximum absolute atomic E-state index is 13.0. The van der Waals surface area contributed by atoms with Gasteiger partial charge in [-0.1, -0.05) is 0 Å². The topological polar surface area (TPSA) is 56.7 Å². The Kier molecular flexibility index (Phi) is 4.86. The number of aromatic nitrogens is 1. The van der Waals surface area contributed by atoms with Crippen molar-refractivity contribution in [3.8, 4) is 0 Å². The van der Waals surface area contributed by atoms with Crippen LogP contribution in [0.15, 0.2) is 18.3 Å². The molecule has 2 saturated heterocycles. The van der Waals surface area contributed by atoms with Crippen LogP contribution in [0.1, 0.15) is 45.7 Å². The van der Waals surface area contributed by atoms with Gasteiger partial charge in [0.1, 0.15) is 5.82 Å². The average Bonchev–Trinajstić information content (AvgIpc) is 2.55. The average molecular weight is 349 g/mol. The van der Waals surface area contributed by atoms with Crippen molar-refractivity contribution in [3.63, 3.8) is 0 Å². The predicted octanol–water partition coefficient (Wildman–Crippen LogP) is 2.19. The molecule has 138 valence electrons. The summed E-state index contributed by atoms with van der Waals surface area (Å²) >= 11 is 0. The molecular formula is C19H28FN3O2. The molecule has 3 heterocycles. The van der Waals surface area contributed by atoms with Crippen molar-refractivity contribution < 1.29 is 14.3 Å². The maximum atomic E-state index is 13.0. The third-order valence-electron chi connectivity index (χ3n) is 6.10. The van der Waals surface area contributed by atoms with Crippen molar-refractivity contribution in [2.45, 2.75) is 58.2 Å². The van der Waals surface area contributed by atoms with Crippen LogP contribution in [-0.2, 0) is 11.3 Å². The van der Waals surface area contributed by atoms with E-state index < -0.39 is 11.6 Å². The van der Waals surface area contributed by atoms with Crippen LogP contribution in [0.2, 0.25) is 0 Å². The van der Waals surface area contributed by atoms with Crippen LogP contribution in [0.25, 0.3) is 0 Å². The molecule has 25 heavy (non-hydrogen) atoms. The highest BCUT2D eigenvalue weighted by Crippen LogP contribution is 2.45. The quantitative estimate of drug-likeness (QED) is 0.889. The first-order chi connectivity index (χ1) is 11.7. The second kappa shape index (κ2) is 6.65. The number of hydrogen-bond donors (Lipinski definition) is 1. The Labute approximate surface area is 148 Å². The first-order valence-electron chi connectivity index (χ1n) is 9.01. The fourth-order valence-corrected chi connectivity index (χ4v) is 4.24. The molecule has 5 nitrogen and oxygen atoms in total. The number of carbonyl (C=O) groups excluding carboxylic acids is 1. The molecule has 1 atom stereocenters. The minimum atomic E-state index is -0.508. The van der Waals surface area contributed by atoms with Gasteiger partial charge in [-0.15, -0.1) is 0 Å². The molecule has 0 aliphatic carbocycles. The van der Waals surface area contributed by atoms with Crippen molar-refractivity contribution in [2.24, 2.45) is 5.41 Å². The second-order valence-electron chi connectivity index (χ2n) is 8.22. The van der Waals surface area contributed by atoms with E-state index in [0.717, 1.165) is 44.6 Å². The van der Waals surface area contributed by atoms with E-state index in [1.165, 1.54) is 12.3 Å². The largest absolute Gasteiger partial charge is 0.391 e. The standard InChI is InChI=1S/C19H28FN3O2/c1-14(24)23-13-19(10-17(25)18(23,2)3)6-8-22(9-7-19)12-16-5-4-15(20)11-21-16/h4-5,11,17,25H,6-10,12-13H2,1-3H3. The van der Waals surface area contributed by atoms with Crippen LogP contribution >= 0.6 is 0 Å². The molecule has 0 aromatic carbocycles. The molecule has 3 rings (SSSR count). The van der Waals surface area contributed by atoms with Gasteiger partial charge >= 0.3 is 0 Å². The lowest BCUT2D eigenvalue weighted by Crippen LogP contribution is -2.64. The monoisotopic (exact) mass is 349 g/mol. The summed E-state index contributed by atoms with van der Waals surface area (Å²) in [7, 11) is 0. The first kappa shape index (κ1) is 18.3. The number of hydrogen-bond acceptors (Lipinski definition) is 4. The molecule has 2 aliphatic rings. The van der Waals surface area contributed by atoms with E-state index >= 15 is 0 Å². The van der Waals surface area contributed by atoms with Gasteiger partial charge in [0.2, 0.25) is 5.91 Å². The van der Waals surface area contributed by atoms with Crippen LogP contribution in [0.4, 0.5) is 4.39 Å². The van der Waals surface area contributed by atoms with E-state index in [0.29, 0.717) is 6.54 Å². The number of aliphatic hydroxyl groups is 1. The van der Waals surface area contributed by atoms with Gasteiger partial charge in [0.15, 0.2) is 0 Å². The van der Waals surface area contributed by atoms with Crippen LogP contribution in [0.3, 0.4) is 0 Å². The fourth-order valence-electron chi connectivity index (χ4n) is 4.24. The van der Waals surface area contributed by atoms with E-state index in [1.54, 1.807) is 13.0 Å². The number of likely N-dealkylation sites (tertiary alicyclic amines) is 2. The number of amides is 1. The molecule has 1 unspecified atom stereocenters. The predicted molar refractivity (Wildman–Crippen MR) is 93.2 cm³/mol. The minimum absolute atomic E-state index is 0.00662. The SMILES string of the molecule is CC(=O)N1CC2(CCN(Cc3ccc(F)cn3)CC2)CC(O)C1(C)C. The molecule has 1 spiro atoms. The Bertz CT molecular complexity index is 624. The number of nitrogens with zero attached hydrogens (tertiary/aromatic N) is 3. The molecule has 1 aromatic rings. The Morgan fingerprint density at radius 3 is 2.60 bits per heavy atom. The summed E-state index contributed by atoms with van der Waals surface area (Å²) in [4.78, 5) is 20.4. The number of piperidine rings is 2. The molecular weight excluding hydrogens is 321 g/mol. The van der Waals surface area contributed by atoms with Gasteiger partial charge < -0.3 is 10.0 Å². The maximum Gasteiger partial charge on any atom is 0.219 e. The van der Waals surface area contributed by atoms with E-state index in [-0.39, 0.29) is 17.1 Å². The Hall–Kier alpha value is -1.53. The van der Waals surface area contributed by atoms with Gasteiger partial charge in [-0.2, -0.15) is 0 Å². The molecule has 0 bridgehead atoms. The Balaban J connectivity index is 1.64. The summed E-state index contributed by atoms with van der Waals surface area (Å²) in [6, 6.07) is 3.17. The van der Waals surface area contributed by atoms with E-state index in [4.69, 9.17) is 0 Å². The number of pyridine rings is 1. The number of rotatable bonds is 2. The lowest BCUT2D eigenvalue weighted by molar-refractivity contribution is -0.157. The summed E-state index contributed by atoms with van der Waals surface area (Å²) in [5.41, 5.74) is 0.354. The molecule has 2 fully saturated rings. The van der Waals surface area contributed by atoms with Crippen molar-refractivity contribution in [1.82, 2.24) is 14.8 Å². The Morgan fingerprint density at radius 2 is 2.04 bits per heavy atom. The fraction of sp³-hybridized carbons (Fsp3) is 0.684. The first-order valence-corrected chi connectivity index (χ1v) is 9.01. The third kappa shape index (κ3) is 3.70. The number of halogens is 1. The third-order valence-corrected chi connectivity index (χ3v) is 6.10. The highest BCUT2D eigenvalue weighted by molar-refractivity contribution is 5.74. The van der Waals surface area contributed by atoms with Gasteiger partial charge in [-0.3, -0.25) is 14.7 Å². The number of carbonyl (C=O) groups is 1. The van der Waals surface area contributed by atoms with E-state index in [9.17, 15) is 14.3 Å². The van der Waals surface area contributed by atoms with Crippen molar-refractivity contribution in [3.05, 3.63) is 29.8 Å². The van der Waals surface area contributed by atoms with Crippen LogP contribution < -0.4 is 0 Å². The highest BCUT2D eigenvalue weighted by atomic mass is 19.1. The Morgan fingerprint density at radius 1 is 1.36 bits per heavy atom. The zero-order chi connectivity index (χ0) is 18.2. The van der Waals surface area contributed by atoms with Gasteiger partial charge in [-0.05, 0) is 63.7 Å². The van der Waals surface area contributed by atoms with Gasteiger partial charge in [0, 0.05) is 20.0 Å². The van der Waals surface area contributed by atoms with Crippen molar-refractivity contribution in [1.29, 1.82) is 0 Å². The summed E-state index contributed by atoms with van der Waals surface area (Å²) in [5, 5.41) is 10.6. The number of aliphatic hydroxyl groups excluding tert-OH is 1. The molecule has 2 aliphatic heterocycles. The molecule has 0 radical (unpaired) electrons. The molecule has 0 saturated carbocycles. The summed E-state index contributed by atoms with van der Waals surface area (Å²) in [6.07, 6.45) is 3.39. The van der Waals surface area contributed by atoms with E-state index in [2.05, 4.69) is 9.88 Å². The smallest absolute Gasteiger partial charge is 0.219 e. The normalized spacial score (nSPS) is 26.0. The lowest BCUT2D eigenvalue weighted by atomic mass is 9.67. The summed E-state index contributed by atoms with van der Waals surface area (Å²) in [5.74, 6) is -0.287.